The number of nitrogens with two attached hydrogens (primary N) is 1. The molecule has 1 unspecified atom stereocenters. The van der Waals surface area contributed by atoms with E-state index < -0.39 is 6.72 Å². The zero-order chi connectivity index (χ0) is 22.7. The molecule has 0 aliphatic heterocycles. The first-order valence-corrected chi connectivity index (χ1v) is 13.6. The Morgan fingerprint density at radius 3 is 2.61 bits per heavy atom. The lowest BCUT2D eigenvalue weighted by atomic mass is 10.0. The molecule has 1 saturated carbocycles. The van der Waals surface area contributed by atoms with Crippen molar-refractivity contribution in [3.8, 4) is 0 Å². The highest BCUT2D eigenvalue weighted by atomic mass is 32.5. The summed E-state index contributed by atoms with van der Waals surface area (Å²) in [4.78, 5) is 35.5. The number of ketones is 1. The number of benzene rings is 1. The average Bonchev–Trinajstić information content (AvgIpc) is 3.20. The number of unbranched alkanes of at least 4 members (excludes halogenated alkanes) is 3. The molecule has 0 saturated heterocycles. The van der Waals surface area contributed by atoms with Gasteiger partial charge >= 0.3 is 0 Å². The maximum atomic E-state index is 12.1. The maximum absolute atomic E-state index is 12.1. The second-order valence-electron chi connectivity index (χ2n) is 8.03. The molecule has 0 spiro atoms. The molecule has 7 nitrogen and oxygen atoms in total. The molecule has 1 fully saturated rings. The second-order valence-corrected chi connectivity index (χ2v) is 10.7. The minimum absolute atomic E-state index is 0.00587. The number of rotatable bonds is 14. The van der Waals surface area contributed by atoms with Crippen LogP contribution in [0.25, 0.3) is 0 Å². The van der Waals surface area contributed by atoms with Crippen LogP contribution in [0.5, 0.6) is 0 Å². The van der Waals surface area contributed by atoms with E-state index in [0.29, 0.717) is 37.2 Å². The lowest BCUT2D eigenvalue weighted by Gasteiger charge is -2.30. The molecular formula is C22H34N2O5PS-. The fourth-order valence-electron chi connectivity index (χ4n) is 3.63. The lowest BCUT2D eigenvalue weighted by molar-refractivity contribution is -0.210. The summed E-state index contributed by atoms with van der Waals surface area (Å²) >= 11 is 4.95. The van der Waals surface area contributed by atoms with Crippen LogP contribution < -0.4 is 15.9 Å². The first kappa shape index (κ1) is 25.9. The largest absolute Gasteiger partial charge is 0.780 e. The van der Waals surface area contributed by atoms with Crippen molar-refractivity contribution in [2.24, 2.45) is 0 Å². The number of nitrogens with one attached hydrogen (secondary N) is 1. The van der Waals surface area contributed by atoms with E-state index in [2.05, 4.69) is 5.32 Å². The van der Waals surface area contributed by atoms with E-state index in [-0.39, 0.29) is 17.8 Å². The highest BCUT2D eigenvalue weighted by molar-refractivity contribution is 8.06. The van der Waals surface area contributed by atoms with Crippen LogP contribution in [-0.4, -0.2) is 30.9 Å². The first-order chi connectivity index (χ1) is 14.8. The zero-order valence-corrected chi connectivity index (χ0v) is 20.0. The molecule has 2 rings (SSSR count). The Bertz CT molecular complexity index is 783. The van der Waals surface area contributed by atoms with Crippen LogP contribution in [0.15, 0.2) is 18.2 Å². The quantitative estimate of drug-likeness (QED) is 0.185. The molecule has 0 aromatic heterocycles. The average molecular weight is 470 g/mol. The molecule has 0 radical (unpaired) electrons. The molecule has 1 aromatic rings. The highest BCUT2D eigenvalue weighted by Gasteiger charge is 2.19. The standard InChI is InChI=1S/C22H35N2O5PS/c1-17(25)20-12-10-18(16-21(20)23)11-13-22(26)24-14-6-2-3-7-15-28-30(27,31)29-19-8-4-5-9-19/h10,12,16,19H,2-9,11,13-15,23H2,1H3,(H,24,26)(H,27,31)/p-1. The topological polar surface area (TPSA) is 114 Å². The molecule has 0 heterocycles. The van der Waals surface area contributed by atoms with Gasteiger partial charge in [0.15, 0.2) is 5.78 Å². The van der Waals surface area contributed by atoms with Crippen LogP contribution in [0.3, 0.4) is 0 Å². The SMILES string of the molecule is CC(=O)c1ccc(CCC(=O)NCCCCCCOP([O-])(=S)OC2CCCC2)cc1N. The molecular weight excluding hydrogens is 435 g/mol. The molecule has 3 N–H and O–H groups in total. The van der Waals surface area contributed by atoms with Crippen LogP contribution in [0.4, 0.5) is 5.69 Å². The summed E-state index contributed by atoms with van der Waals surface area (Å²) in [5.74, 6) is -0.0717. The third-order valence-corrected chi connectivity index (χ3v) is 6.99. The summed E-state index contributed by atoms with van der Waals surface area (Å²) in [5, 5.41) is 2.92. The maximum Gasteiger partial charge on any atom is 0.220 e. The van der Waals surface area contributed by atoms with Gasteiger partial charge in [-0.1, -0.05) is 43.6 Å². The van der Waals surface area contributed by atoms with Gasteiger partial charge in [-0.05, 0) is 56.7 Å². The van der Waals surface area contributed by atoms with Crippen LogP contribution in [0.1, 0.15) is 80.6 Å². The number of nitrogen functional groups attached to an aromatic ring is 1. The minimum Gasteiger partial charge on any atom is -0.780 e. The first-order valence-electron chi connectivity index (χ1n) is 11.1. The van der Waals surface area contributed by atoms with E-state index in [1.54, 1.807) is 12.1 Å². The fourth-order valence-corrected chi connectivity index (χ4v) is 5.20. The number of carbonyl (C=O) groups excluding carboxylic acids is 2. The zero-order valence-electron chi connectivity index (χ0n) is 18.3. The van der Waals surface area contributed by atoms with Crippen molar-refractivity contribution in [3.63, 3.8) is 0 Å². The van der Waals surface area contributed by atoms with E-state index in [4.69, 9.17) is 26.6 Å². The molecule has 1 aromatic carbocycles. The molecule has 1 atom stereocenters. The summed E-state index contributed by atoms with van der Waals surface area (Å²) in [6.07, 6.45) is 8.46. The van der Waals surface area contributed by atoms with Gasteiger partial charge in [0.2, 0.25) is 5.91 Å². The highest BCUT2D eigenvalue weighted by Crippen LogP contribution is 2.43. The van der Waals surface area contributed by atoms with Gasteiger partial charge in [0.25, 0.3) is 0 Å². The van der Waals surface area contributed by atoms with Crippen LogP contribution in [0.2, 0.25) is 0 Å². The van der Waals surface area contributed by atoms with E-state index in [9.17, 15) is 14.5 Å². The smallest absolute Gasteiger partial charge is 0.220 e. The normalized spacial score (nSPS) is 16.2. The van der Waals surface area contributed by atoms with Crippen molar-refractivity contribution in [3.05, 3.63) is 29.3 Å². The third kappa shape index (κ3) is 10.2. The van der Waals surface area contributed by atoms with Crippen molar-refractivity contribution in [1.29, 1.82) is 0 Å². The molecule has 1 aliphatic carbocycles. The van der Waals surface area contributed by atoms with Crippen LogP contribution in [0, 0.1) is 0 Å². The third-order valence-electron chi connectivity index (χ3n) is 5.36. The van der Waals surface area contributed by atoms with Crippen molar-refractivity contribution >= 4 is 35.9 Å². The Labute approximate surface area is 190 Å². The summed E-state index contributed by atoms with van der Waals surface area (Å²) in [7, 11) is 0. The number of anilines is 1. The molecule has 31 heavy (non-hydrogen) atoms. The fraction of sp³-hybridized carbons (Fsp3) is 0.636. The monoisotopic (exact) mass is 469 g/mol. The van der Waals surface area contributed by atoms with Gasteiger partial charge in [-0.2, -0.15) is 0 Å². The van der Waals surface area contributed by atoms with Gasteiger partial charge in [0, 0.05) is 24.2 Å². The van der Waals surface area contributed by atoms with Crippen molar-refractivity contribution in [2.45, 2.75) is 77.2 Å². The Morgan fingerprint density at radius 1 is 1.23 bits per heavy atom. The molecule has 1 amide bonds. The number of aryl methyl sites for hydroxylation is 1. The lowest BCUT2D eigenvalue weighted by Crippen LogP contribution is -2.24. The van der Waals surface area contributed by atoms with E-state index in [0.717, 1.165) is 56.9 Å². The van der Waals surface area contributed by atoms with Crippen LogP contribution >= 0.6 is 6.72 Å². The number of Topliss-reactive ketones (excluding diaryl/α,β-unsaturated/α-hetero) is 1. The van der Waals surface area contributed by atoms with E-state index in [1.165, 1.54) is 6.92 Å². The summed E-state index contributed by atoms with van der Waals surface area (Å²) in [6.45, 7) is -0.918. The predicted octanol–water partition coefficient (Wildman–Crippen LogP) is 3.64. The summed E-state index contributed by atoms with van der Waals surface area (Å²) in [6, 6.07) is 5.30. The van der Waals surface area contributed by atoms with Gasteiger partial charge in [0.05, 0.1) is 12.7 Å². The molecule has 0 bridgehead atoms. The number of amides is 1. The van der Waals surface area contributed by atoms with Gasteiger partial charge in [-0.15, -0.1) is 0 Å². The minimum atomic E-state index is -3.36. The molecule has 9 heteroatoms. The van der Waals surface area contributed by atoms with Crippen molar-refractivity contribution in [1.82, 2.24) is 5.32 Å². The van der Waals surface area contributed by atoms with Crippen LogP contribution in [-0.2, 0) is 32.1 Å². The second kappa shape index (κ2) is 13.3. The van der Waals surface area contributed by atoms with Gasteiger partial charge in [-0.3, -0.25) is 9.59 Å². The van der Waals surface area contributed by atoms with Crippen molar-refractivity contribution in [2.75, 3.05) is 18.9 Å². The number of hydrogen-bond donors (Lipinski definition) is 2. The Balaban J connectivity index is 1.49. The van der Waals surface area contributed by atoms with Gasteiger partial charge in [-0.25, -0.2) is 0 Å². The predicted molar refractivity (Wildman–Crippen MR) is 124 cm³/mol. The number of carbonyl (C=O) groups is 2. The summed E-state index contributed by atoms with van der Waals surface area (Å²) in [5.41, 5.74) is 7.78. The van der Waals surface area contributed by atoms with Gasteiger partial charge < -0.3 is 25.0 Å². The Morgan fingerprint density at radius 2 is 1.94 bits per heavy atom. The summed E-state index contributed by atoms with van der Waals surface area (Å²) < 4.78 is 10.7. The molecule has 174 valence electrons. The van der Waals surface area contributed by atoms with E-state index >= 15 is 0 Å². The molecule has 1 aliphatic rings. The van der Waals surface area contributed by atoms with Crippen molar-refractivity contribution < 1.29 is 23.5 Å². The Hall–Kier alpha value is -1.31. The number of hydrogen-bond acceptors (Lipinski definition) is 7. The Kier molecular flexibility index (Phi) is 11.1. The van der Waals surface area contributed by atoms with E-state index in [1.807, 2.05) is 6.07 Å². The van der Waals surface area contributed by atoms with Gasteiger partial charge in [0.1, 0.15) is 6.72 Å².